The third kappa shape index (κ3) is 3.08. The summed E-state index contributed by atoms with van der Waals surface area (Å²) in [5.41, 5.74) is -1.43. The average Bonchev–Trinajstić information content (AvgIpc) is 2.88. The number of hydrogen-bond acceptors (Lipinski definition) is 4. The van der Waals surface area contributed by atoms with Crippen molar-refractivity contribution in [3.8, 4) is 0 Å². The second-order valence-corrected chi connectivity index (χ2v) is 4.26. The topological polar surface area (TPSA) is 63.3 Å². The summed E-state index contributed by atoms with van der Waals surface area (Å²) in [7, 11) is 0. The van der Waals surface area contributed by atoms with Crippen molar-refractivity contribution in [2.75, 3.05) is 0 Å². The van der Waals surface area contributed by atoms with E-state index in [-0.39, 0.29) is 22.8 Å². The highest BCUT2D eigenvalue weighted by Crippen LogP contribution is 2.34. The van der Waals surface area contributed by atoms with Gasteiger partial charge in [-0.25, -0.2) is 9.67 Å². The molecule has 0 aliphatic rings. The molecule has 1 aromatic carbocycles. The third-order valence-corrected chi connectivity index (χ3v) is 2.73. The number of benzene rings is 1. The summed E-state index contributed by atoms with van der Waals surface area (Å²) in [5.74, 6) is 0. The molecule has 106 valence electrons. The molecular weight excluding hydrogens is 297 g/mol. The van der Waals surface area contributed by atoms with Crippen LogP contribution < -0.4 is 0 Å². The molecular formula is C11H8ClF3N4O. The predicted molar refractivity (Wildman–Crippen MR) is 64.8 cm³/mol. The fourth-order valence-electron chi connectivity index (χ4n) is 1.64. The summed E-state index contributed by atoms with van der Waals surface area (Å²) in [5, 5.41) is 15.6. The minimum absolute atomic E-state index is 0.0564. The van der Waals surface area contributed by atoms with Crippen molar-refractivity contribution in [3.05, 3.63) is 47.0 Å². The van der Waals surface area contributed by atoms with E-state index < -0.39 is 11.7 Å². The van der Waals surface area contributed by atoms with Crippen molar-refractivity contribution in [2.24, 2.45) is 5.16 Å². The molecule has 0 saturated carbocycles. The van der Waals surface area contributed by atoms with Crippen LogP contribution >= 0.6 is 11.6 Å². The van der Waals surface area contributed by atoms with Gasteiger partial charge in [0, 0.05) is 10.6 Å². The maximum Gasteiger partial charge on any atom is 0.417 e. The standard InChI is InChI=1S/C11H8ClF3N4O/c12-7-1-2-8(9(3-7)11(13,14)15)10(18-20)4-19-6-16-5-17-19/h1-3,5-6,20H,4H2/b18-10+. The van der Waals surface area contributed by atoms with Gasteiger partial charge in [0.15, 0.2) is 0 Å². The summed E-state index contributed by atoms with van der Waals surface area (Å²) in [6.07, 6.45) is -2.09. The molecule has 0 spiro atoms. The van der Waals surface area contributed by atoms with E-state index in [0.717, 1.165) is 12.1 Å². The number of oxime groups is 1. The molecule has 1 aromatic heterocycles. The molecule has 0 aliphatic heterocycles. The van der Waals surface area contributed by atoms with Gasteiger partial charge in [-0.05, 0) is 12.1 Å². The van der Waals surface area contributed by atoms with Crippen LogP contribution in [0, 0.1) is 0 Å². The first-order chi connectivity index (χ1) is 9.41. The first-order valence-corrected chi connectivity index (χ1v) is 5.70. The highest BCUT2D eigenvalue weighted by Gasteiger charge is 2.35. The molecule has 0 atom stereocenters. The molecule has 1 N–H and O–H groups in total. The van der Waals surface area contributed by atoms with Crippen LogP contribution in [0.5, 0.6) is 0 Å². The average molecular weight is 305 g/mol. The zero-order chi connectivity index (χ0) is 14.8. The van der Waals surface area contributed by atoms with E-state index in [1.54, 1.807) is 0 Å². The number of alkyl halides is 3. The Balaban J connectivity index is 2.45. The Morgan fingerprint density at radius 2 is 2.15 bits per heavy atom. The van der Waals surface area contributed by atoms with E-state index >= 15 is 0 Å². The summed E-state index contributed by atoms with van der Waals surface area (Å²) in [4.78, 5) is 3.66. The van der Waals surface area contributed by atoms with Gasteiger partial charge in [-0.2, -0.15) is 18.3 Å². The van der Waals surface area contributed by atoms with Gasteiger partial charge in [0.1, 0.15) is 18.4 Å². The quantitative estimate of drug-likeness (QED) is 0.539. The Morgan fingerprint density at radius 3 is 2.70 bits per heavy atom. The molecule has 0 saturated heterocycles. The maximum absolute atomic E-state index is 13.0. The molecule has 0 fully saturated rings. The van der Waals surface area contributed by atoms with Gasteiger partial charge in [0.05, 0.1) is 12.1 Å². The fraction of sp³-hybridized carbons (Fsp3) is 0.182. The molecule has 0 radical (unpaired) electrons. The Bertz CT molecular complexity index is 625. The Morgan fingerprint density at radius 1 is 1.40 bits per heavy atom. The van der Waals surface area contributed by atoms with E-state index in [0.29, 0.717) is 0 Å². The van der Waals surface area contributed by atoms with E-state index in [9.17, 15) is 13.2 Å². The molecule has 0 bridgehead atoms. The van der Waals surface area contributed by atoms with Crippen LogP contribution in [-0.2, 0) is 12.7 Å². The first-order valence-electron chi connectivity index (χ1n) is 5.32. The molecule has 0 amide bonds. The summed E-state index contributed by atoms with van der Waals surface area (Å²) in [6.45, 7) is -0.152. The van der Waals surface area contributed by atoms with Crippen molar-refractivity contribution in [3.63, 3.8) is 0 Å². The van der Waals surface area contributed by atoms with Crippen LogP contribution in [-0.4, -0.2) is 25.7 Å². The number of aromatic nitrogens is 3. The number of rotatable bonds is 3. The van der Waals surface area contributed by atoms with E-state index in [2.05, 4.69) is 15.2 Å². The second kappa shape index (κ2) is 5.49. The lowest BCUT2D eigenvalue weighted by atomic mass is 10.0. The van der Waals surface area contributed by atoms with Crippen LogP contribution in [0.1, 0.15) is 11.1 Å². The van der Waals surface area contributed by atoms with Crippen LogP contribution in [0.4, 0.5) is 13.2 Å². The first kappa shape index (κ1) is 14.3. The second-order valence-electron chi connectivity index (χ2n) is 3.83. The smallest absolute Gasteiger partial charge is 0.411 e. The molecule has 0 unspecified atom stereocenters. The molecule has 0 aliphatic carbocycles. The van der Waals surface area contributed by atoms with Crippen LogP contribution in [0.15, 0.2) is 36.0 Å². The third-order valence-electron chi connectivity index (χ3n) is 2.50. The van der Waals surface area contributed by atoms with Crippen molar-refractivity contribution in [1.29, 1.82) is 0 Å². The molecule has 2 rings (SSSR count). The van der Waals surface area contributed by atoms with Gasteiger partial charge in [-0.3, -0.25) is 0 Å². The Kier molecular flexibility index (Phi) is 3.93. The zero-order valence-corrected chi connectivity index (χ0v) is 10.6. The van der Waals surface area contributed by atoms with Crippen molar-refractivity contribution in [1.82, 2.24) is 14.8 Å². The lowest BCUT2D eigenvalue weighted by Gasteiger charge is -2.14. The van der Waals surface area contributed by atoms with Gasteiger partial charge < -0.3 is 5.21 Å². The van der Waals surface area contributed by atoms with Crippen LogP contribution in [0.2, 0.25) is 5.02 Å². The normalized spacial score (nSPS) is 12.7. The minimum atomic E-state index is -4.61. The maximum atomic E-state index is 13.0. The van der Waals surface area contributed by atoms with Crippen molar-refractivity contribution >= 4 is 17.3 Å². The van der Waals surface area contributed by atoms with Gasteiger partial charge in [0.25, 0.3) is 0 Å². The summed E-state index contributed by atoms with van der Waals surface area (Å²) >= 11 is 5.58. The zero-order valence-electron chi connectivity index (χ0n) is 9.84. The van der Waals surface area contributed by atoms with E-state index in [1.165, 1.54) is 23.4 Å². The highest BCUT2D eigenvalue weighted by molar-refractivity contribution is 6.30. The largest absolute Gasteiger partial charge is 0.417 e. The molecule has 5 nitrogen and oxygen atoms in total. The van der Waals surface area contributed by atoms with Crippen molar-refractivity contribution in [2.45, 2.75) is 12.7 Å². The highest BCUT2D eigenvalue weighted by atomic mass is 35.5. The SMILES string of the molecule is O/N=C(\Cn1cncn1)c1ccc(Cl)cc1C(F)(F)F. The molecule has 2 aromatic rings. The lowest BCUT2D eigenvalue weighted by molar-refractivity contribution is -0.137. The van der Waals surface area contributed by atoms with Crippen molar-refractivity contribution < 1.29 is 18.4 Å². The van der Waals surface area contributed by atoms with E-state index in [4.69, 9.17) is 16.8 Å². The summed E-state index contributed by atoms with van der Waals surface area (Å²) < 4.78 is 40.2. The van der Waals surface area contributed by atoms with Gasteiger partial charge >= 0.3 is 6.18 Å². The number of hydrogen-bond donors (Lipinski definition) is 1. The summed E-state index contributed by atoms with van der Waals surface area (Å²) in [6, 6.07) is 3.22. The van der Waals surface area contributed by atoms with E-state index in [1.807, 2.05) is 0 Å². The Hall–Kier alpha value is -2.09. The van der Waals surface area contributed by atoms with Crippen LogP contribution in [0.3, 0.4) is 0 Å². The van der Waals surface area contributed by atoms with Gasteiger partial charge in [-0.1, -0.05) is 22.8 Å². The number of nitrogens with zero attached hydrogens (tertiary/aromatic N) is 4. The fourth-order valence-corrected chi connectivity index (χ4v) is 1.81. The molecule has 1 heterocycles. The van der Waals surface area contributed by atoms with Gasteiger partial charge in [-0.15, -0.1) is 0 Å². The molecule has 9 heteroatoms. The van der Waals surface area contributed by atoms with Gasteiger partial charge in [0.2, 0.25) is 0 Å². The Labute approximate surface area is 116 Å². The molecule has 20 heavy (non-hydrogen) atoms. The monoisotopic (exact) mass is 304 g/mol. The lowest BCUT2D eigenvalue weighted by Crippen LogP contribution is -2.18. The predicted octanol–water partition coefficient (Wildman–Crippen LogP) is 2.83. The minimum Gasteiger partial charge on any atom is -0.411 e. The van der Waals surface area contributed by atoms with Crippen LogP contribution in [0.25, 0.3) is 0 Å². The number of halogens is 4.